The van der Waals surface area contributed by atoms with Crippen molar-refractivity contribution >= 4 is 28.5 Å². The second-order valence-electron chi connectivity index (χ2n) is 4.80. The molecular weight excluding hydrogens is 288 g/mol. The van der Waals surface area contributed by atoms with E-state index in [9.17, 15) is 15.0 Å². The summed E-state index contributed by atoms with van der Waals surface area (Å²) in [5, 5.41) is 21.1. The van der Waals surface area contributed by atoms with Gasteiger partial charge in [0.05, 0.1) is 0 Å². The number of esters is 1. The van der Waals surface area contributed by atoms with Crippen LogP contribution >= 0.6 is 11.8 Å². The summed E-state index contributed by atoms with van der Waals surface area (Å²) in [6.07, 6.45) is 1.68. The Morgan fingerprint density at radius 2 is 2.00 bits per heavy atom. The first-order valence-electron chi connectivity index (χ1n) is 6.60. The van der Waals surface area contributed by atoms with Crippen LogP contribution in [-0.4, -0.2) is 28.0 Å². The lowest BCUT2D eigenvalue weighted by Crippen LogP contribution is -2.09. The van der Waals surface area contributed by atoms with Gasteiger partial charge in [-0.15, -0.1) is 11.8 Å². The first-order chi connectivity index (χ1) is 10.1. The number of carbonyl (C=O) groups is 1. The largest absolute Gasteiger partial charge is 0.508 e. The van der Waals surface area contributed by atoms with E-state index in [1.54, 1.807) is 23.9 Å². The Morgan fingerprint density at radius 1 is 1.19 bits per heavy atom. The minimum absolute atomic E-state index is 0.237. The van der Waals surface area contributed by atoms with E-state index in [0.29, 0.717) is 6.42 Å². The topological polar surface area (TPSA) is 66.8 Å². The van der Waals surface area contributed by atoms with Crippen molar-refractivity contribution < 1.29 is 19.7 Å². The highest BCUT2D eigenvalue weighted by Gasteiger charge is 2.24. The normalized spacial score (nSPS) is 17.8. The van der Waals surface area contributed by atoms with Crippen LogP contribution in [0.15, 0.2) is 53.1 Å². The van der Waals surface area contributed by atoms with Crippen LogP contribution in [0.4, 0.5) is 0 Å². The summed E-state index contributed by atoms with van der Waals surface area (Å²) in [7, 11) is 0. The predicted octanol–water partition coefficient (Wildman–Crippen LogP) is 3.39. The molecule has 0 amide bonds. The first-order valence-corrected chi connectivity index (χ1v) is 7.58. The van der Waals surface area contributed by atoms with Gasteiger partial charge in [-0.1, -0.05) is 24.3 Å². The lowest BCUT2D eigenvalue weighted by molar-refractivity contribution is -0.142. The quantitative estimate of drug-likeness (QED) is 0.669. The van der Waals surface area contributed by atoms with Crippen molar-refractivity contribution in [3.63, 3.8) is 0 Å². The van der Waals surface area contributed by atoms with Gasteiger partial charge in [-0.2, -0.15) is 0 Å². The number of thioether (sulfide) groups is 1. The molecule has 0 aliphatic carbocycles. The minimum atomic E-state index is -0.659. The lowest BCUT2D eigenvalue weighted by atomic mass is 10.1. The van der Waals surface area contributed by atoms with Crippen molar-refractivity contribution in [1.82, 2.24) is 0 Å². The Balaban J connectivity index is 1.70. The van der Waals surface area contributed by atoms with E-state index in [4.69, 9.17) is 4.74 Å². The van der Waals surface area contributed by atoms with Crippen LogP contribution in [0, 0.1) is 0 Å². The van der Waals surface area contributed by atoms with Crippen molar-refractivity contribution in [3.05, 3.63) is 48.2 Å². The van der Waals surface area contributed by atoms with Crippen LogP contribution in [0.25, 0.3) is 10.8 Å². The molecule has 0 bridgehead atoms. The second kappa shape index (κ2) is 5.69. The molecule has 1 unspecified atom stereocenters. The molecule has 108 valence electrons. The van der Waals surface area contributed by atoms with Gasteiger partial charge in [0.25, 0.3) is 0 Å². The SMILES string of the molecule is O=C1OC(CCSc2cc(O)cc3ccccc23)C=C1O. The van der Waals surface area contributed by atoms with Crippen molar-refractivity contribution in [2.45, 2.75) is 17.4 Å². The molecule has 0 aromatic heterocycles. The van der Waals surface area contributed by atoms with Crippen LogP contribution in [0.3, 0.4) is 0 Å². The first kappa shape index (κ1) is 13.8. The molecule has 4 nitrogen and oxygen atoms in total. The maximum absolute atomic E-state index is 11.1. The highest BCUT2D eigenvalue weighted by atomic mass is 32.2. The van der Waals surface area contributed by atoms with Crippen LogP contribution in [-0.2, 0) is 9.53 Å². The van der Waals surface area contributed by atoms with E-state index in [0.717, 1.165) is 21.4 Å². The van der Waals surface area contributed by atoms with Crippen LogP contribution in [0.5, 0.6) is 5.75 Å². The van der Waals surface area contributed by atoms with Gasteiger partial charge in [-0.25, -0.2) is 4.79 Å². The number of ether oxygens (including phenoxy) is 1. The molecule has 0 radical (unpaired) electrons. The van der Waals surface area contributed by atoms with E-state index in [-0.39, 0.29) is 17.6 Å². The Morgan fingerprint density at radius 3 is 2.76 bits per heavy atom. The number of aromatic hydroxyl groups is 1. The number of hydrogen-bond donors (Lipinski definition) is 2. The van der Waals surface area contributed by atoms with Crippen molar-refractivity contribution in [1.29, 1.82) is 0 Å². The molecule has 0 spiro atoms. The fourth-order valence-electron chi connectivity index (χ4n) is 2.28. The number of aliphatic hydroxyl groups excluding tert-OH is 1. The zero-order chi connectivity index (χ0) is 14.8. The fraction of sp³-hybridized carbons (Fsp3) is 0.188. The smallest absolute Gasteiger partial charge is 0.373 e. The third-order valence-corrected chi connectivity index (χ3v) is 4.37. The van der Waals surface area contributed by atoms with Crippen LogP contribution in [0.1, 0.15) is 6.42 Å². The zero-order valence-electron chi connectivity index (χ0n) is 11.2. The van der Waals surface area contributed by atoms with Gasteiger partial charge in [-0.05, 0) is 29.3 Å². The van der Waals surface area contributed by atoms with Crippen molar-refractivity contribution in [2.24, 2.45) is 0 Å². The van der Waals surface area contributed by atoms with E-state index >= 15 is 0 Å². The van der Waals surface area contributed by atoms with Gasteiger partial charge in [0.15, 0.2) is 0 Å². The molecule has 1 atom stereocenters. The van der Waals surface area contributed by atoms with Crippen LogP contribution in [0.2, 0.25) is 0 Å². The molecule has 0 saturated carbocycles. The predicted molar refractivity (Wildman–Crippen MR) is 81.5 cm³/mol. The number of rotatable bonds is 4. The molecule has 0 fully saturated rings. The summed E-state index contributed by atoms with van der Waals surface area (Å²) >= 11 is 1.59. The van der Waals surface area contributed by atoms with E-state index < -0.39 is 5.97 Å². The van der Waals surface area contributed by atoms with Gasteiger partial charge in [-0.3, -0.25) is 0 Å². The van der Waals surface area contributed by atoms with Gasteiger partial charge in [0, 0.05) is 16.7 Å². The Labute approximate surface area is 126 Å². The highest BCUT2D eigenvalue weighted by molar-refractivity contribution is 7.99. The number of fused-ring (bicyclic) bond motifs is 1. The average Bonchev–Trinajstić information content (AvgIpc) is 2.77. The molecule has 2 N–H and O–H groups in total. The zero-order valence-corrected chi connectivity index (χ0v) is 12.0. The summed E-state index contributed by atoms with van der Waals surface area (Å²) in [6.45, 7) is 0. The Hall–Kier alpha value is -2.14. The van der Waals surface area contributed by atoms with Gasteiger partial charge in [0.2, 0.25) is 5.76 Å². The number of carbonyl (C=O) groups excluding carboxylic acids is 1. The summed E-state index contributed by atoms with van der Waals surface area (Å²) in [6, 6.07) is 11.3. The maximum atomic E-state index is 11.1. The highest BCUT2D eigenvalue weighted by Crippen LogP contribution is 2.32. The van der Waals surface area contributed by atoms with Crippen molar-refractivity contribution in [3.8, 4) is 5.75 Å². The molecule has 3 rings (SSSR count). The molecular formula is C16H14O4S. The third-order valence-electron chi connectivity index (χ3n) is 3.28. The summed E-state index contributed by atoms with van der Waals surface area (Å²) in [4.78, 5) is 12.0. The van der Waals surface area contributed by atoms with Gasteiger partial charge < -0.3 is 14.9 Å². The van der Waals surface area contributed by atoms with Gasteiger partial charge in [0.1, 0.15) is 11.9 Å². The summed E-state index contributed by atoms with van der Waals surface area (Å²) in [5.74, 6) is -0.0172. The number of phenols is 1. The second-order valence-corrected chi connectivity index (χ2v) is 5.93. The molecule has 2 aromatic carbocycles. The molecule has 0 saturated heterocycles. The standard InChI is InChI=1S/C16H14O4S/c17-11-7-10-3-1-2-4-13(10)15(8-11)21-6-5-12-9-14(18)16(19)20-12/h1-4,7-9,12,17-18H,5-6H2. The molecule has 5 heteroatoms. The molecule has 1 aliphatic rings. The maximum Gasteiger partial charge on any atom is 0.373 e. The summed E-state index contributed by atoms with van der Waals surface area (Å²) in [5.41, 5.74) is 0. The number of benzene rings is 2. The molecule has 21 heavy (non-hydrogen) atoms. The third kappa shape index (κ3) is 2.97. The molecule has 2 aromatic rings. The van der Waals surface area contributed by atoms with E-state index in [1.807, 2.05) is 24.3 Å². The number of cyclic esters (lactones) is 1. The molecule has 1 aliphatic heterocycles. The minimum Gasteiger partial charge on any atom is -0.508 e. The Kier molecular flexibility index (Phi) is 3.75. The van der Waals surface area contributed by atoms with Gasteiger partial charge >= 0.3 is 5.97 Å². The molecule has 1 heterocycles. The van der Waals surface area contributed by atoms with Crippen LogP contribution < -0.4 is 0 Å². The average molecular weight is 302 g/mol. The van der Waals surface area contributed by atoms with E-state index in [2.05, 4.69) is 0 Å². The fourth-order valence-corrected chi connectivity index (χ4v) is 3.40. The number of aliphatic hydroxyl groups is 1. The Bertz CT molecular complexity index is 723. The van der Waals surface area contributed by atoms with E-state index in [1.165, 1.54) is 6.08 Å². The monoisotopic (exact) mass is 302 g/mol. The summed E-state index contributed by atoms with van der Waals surface area (Å²) < 4.78 is 4.98. The number of hydrogen-bond acceptors (Lipinski definition) is 5. The lowest BCUT2D eigenvalue weighted by Gasteiger charge is -2.09. The number of phenolic OH excluding ortho intramolecular Hbond substituents is 1. The van der Waals surface area contributed by atoms with Crippen molar-refractivity contribution in [2.75, 3.05) is 5.75 Å².